The van der Waals surface area contributed by atoms with Gasteiger partial charge in [-0.3, -0.25) is 4.90 Å². The van der Waals surface area contributed by atoms with Gasteiger partial charge in [0, 0.05) is 26.2 Å². The molecule has 0 aromatic rings. The Labute approximate surface area is 103 Å². The number of nitrogens with one attached hydrogen (secondary N) is 1. The van der Waals surface area contributed by atoms with Crippen LogP contribution in [0, 0.1) is 0 Å². The van der Waals surface area contributed by atoms with Gasteiger partial charge >= 0.3 is 6.09 Å². The van der Waals surface area contributed by atoms with Gasteiger partial charge in [-0.05, 0) is 27.7 Å². The van der Waals surface area contributed by atoms with Gasteiger partial charge in [0.05, 0.1) is 12.6 Å². The summed E-state index contributed by atoms with van der Waals surface area (Å²) in [6, 6.07) is 0.164. The Morgan fingerprint density at radius 3 is 2.59 bits per heavy atom. The third-order valence-electron chi connectivity index (χ3n) is 2.65. The summed E-state index contributed by atoms with van der Waals surface area (Å²) in [7, 11) is 1.65. The van der Waals surface area contributed by atoms with E-state index in [2.05, 4.69) is 5.32 Å². The molecule has 5 heteroatoms. The zero-order chi connectivity index (χ0) is 13.1. The molecule has 0 aliphatic carbocycles. The molecule has 100 valence electrons. The Bertz CT molecular complexity index is 261. The molecule has 2 atom stereocenters. The van der Waals surface area contributed by atoms with Crippen LogP contribution in [0.4, 0.5) is 4.79 Å². The maximum atomic E-state index is 12.1. The number of carbonyl (C=O) groups excluding carboxylic acids is 1. The van der Waals surface area contributed by atoms with Crippen LogP contribution in [0.15, 0.2) is 0 Å². The van der Waals surface area contributed by atoms with Gasteiger partial charge in [0.1, 0.15) is 5.60 Å². The van der Waals surface area contributed by atoms with Crippen molar-refractivity contribution in [3.8, 4) is 0 Å². The fraction of sp³-hybridized carbons (Fsp3) is 0.917. The van der Waals surface area contributed by atoms with Crippen molar-refractivity contribution in [3.63, 3.8) is 0 Å². The quantitative estimate of drug-likeness (QED) is 0.794. The van der Waals surface area contributed by atoms with Crippen molar-refractivity contribution in [2.75, 3.05) is 26.8 Å². The van der Waals surface area contributed by atoms with Crippen LogP contribution in [0.5, 0.6) is 0 Å². The van der Waals surface area contributed by atoms with Crippen molar-refractivity contribution in [1.82, 2.24) is 10.2 Å². The lowest BCUT2D eigenvalue weighted by atomic mass is 10.1. The van der Waals surface area contributed by atoms with Crippen LogP contribution in [0.3, 0.4) is 0 Å². The number of rotatable bonds is 2. The molecule has 1 rings (SSSR count). The highest BCUT2D eigenvalue weighted by molar-refractivity contribution is 5.69. The molecular weight excluding hydrogens is 220 g/mol. The Morgan fingerprint density at radius 2 is 2.06 bits per heavy atom. The van der Waals surface area contributed by atoms with Crippen molar-refractivity contribution in [1.29, 1.82) is 0 Å². The lowest BCUT2D eigenvalue weighted by molar-refractivity contribution is -0.0122. The number of nitrogens with zero attached hydrogens (tertiary/aromatic N) is 1. The minimum atomic E-state index is -0.459. The molecule has 1 unspecified atom stereocenters. The molecule has 0 bridgehead atoms. The smallest absolute Gasteiger partial charge is 0.410 e. The van der Waals surface area contributed by atoms with Crippen LogP contribution < -0.4 is 5.32 Å². The fourth-order valence-corrected chi connectivity index (χ4v) is 1.99. The van der Waals surface area contributed by atoms with Crippen molar-refractivity contribution in [3.05, 3.63) is 0 Å². The molecule has 1 aliphatic rings. The highest BCUT2D eigenvalue weighted by atomic mass is 16.6. The second-order valence-corrected chi connectivity index (χ2v) is 5.50. The Hall–Kier alpha value is -0.810. The maximum absolute atomic E-state index is 12.1. The fourth-order valence-electron chi connectivity index (χ4n) is 1.99. The topological polar surface area (TPSA) is 50.8 Å². The molecule has 0 aromatic heterocycles. The van der Waals surface area contributed by atoms with Gasteiger partial charge in [-0.2, -0.15) is 0 Å². The lowest BCUT2D eigenvalue weighted by Crippen LogP contribution is -2.60. The highest BCUT2D eigenvalue weighted by Crippen LogP contribution is 2.16. The zero-order valence-corrected chi connectivity index (χ0v) is 11.4. The van der Waals surface area contributed by atoms with Gasteiger partial charge < -0.3 is 14.8 Å². The van der Waals surface area contributed by atoms with Gasteiger partial charge in [-0.1, -0.05) is 0 Å². The van der Waals surface area contributed by atoms with E-state index in [0.717, 1.165) is 13.1 Å². The first-order valence-corrected chi connectivity index (χ1v) is 6.06. The predicted octanol–water partition coefficient (Wildman–Crippen LogP) is 1.23. The first kappa shape index (κ1) is 14.3. The van der Waals surface area contributed by atoms with Crippen molar-refractivity contribution >= 4 is 6.09 Å². The molecule has 1 saturated heterocycles. The molecule has 17 heavy (non-hydrogen) atoms. The Balaban J connectivity index is 2.70. The Kier molecular flexibility index (Phi) is 4.77. The van der Waals surface area contributed by atoms with Gasteiger partial charge in [0.15, 0.2) is 0 Å². The molecule has 1 N–H and O–H groups in total. The molecule has 0 saturated carbocycles. The number of methoxy groups -OCH3 is 1. The average Bonchev–Trinajstić information content (AvgIpc) is 2.15. The first-order valence-electron chi connectivity index (χ1n) is 6.06. The van der Waals surface area contributed by atoms with Crippen LogP contribution in [-0.4, -0.2) is 55.5 Å². The SMILES string of the molecule is COC[C@@H]1CNCC(C)N1C(=O)OC(C)(C)C. The van der Waals surface area contributed by atoms with Crippen molar-refractivity contribution in [2.24, 2.45) is 0 Å². The standard InChI is InChI=1S/C12H24N2O3/c1-9-6-13-7-10(8-16-5)14(9)11(15)17-12(2,3)4/h9-10,13H,6-8H2,1-5H3/t9?,10-/m0/s1. The van der Waals surface area contributed by atoms with Gasteiger partial charge in [-0.15, -0.1) is 0 Å². The number of piperazine rings is 1. The molecule has 0 spiro atoms. The van der Waals surface area contributed by atoms with Crippen LogP contribution >= 0.6 is 0 Å². The highest BCUT2D eigenvalue weighted by Gasteiger charge is 2.34. The van der Waals surface area contributed by atoms with E-state index < -0.39 is 5.60 Å². The second-order valence-electron chi connectivity index (χ2n) is 5.50. The van der Waals surface area contributed by atoms with Crippen molar-refractivity contribution in [2.45, 2.75) is 45.4 Å². The van der Waals surface area contributed by atoms with Crippen LogP contribution in [-0.2, 0) is 9.47 Å². The minimum absolute atomic E-state index is 0.0404. The Morgan fingerprint density at radius 1 is 1.41 bits per heavy atom. The number of hydrogen-bond acceptors (Lipinski definition) is 4. The maximum Gasteiger partial charge on any atom is 0.410 e. The predicted molar refractivity (Wildman–Crippen MR) is 66.1 cm³/mol. The van der Waals surface area contributed by atoms with E-state index in [9.17, 15) is 4.79 Å². The zero-order valence-electron chi connectivity index (χ0n) is 11.4. The van der Waals surface area contributed by atoms with Crippen molar-refractivity contribution < 1.29 is 14.3 Å². The van der Waals surface area contributed by atoms with Crippen LogP contribution in [0.2, 0.25) is 0 Å². The molecule has 1 fully saturated rings. The van der Waals surface area contributed by atoms with Crippen LogP contribution in [0.25, 0.3) is 0 Å². The normalized spacial score (nSPS) is 25.8. The molecule has 0 aromatic carbocycles. The summed E-state index contributed by atoms with van der Waals surface area (Å²) in [5.74, 6) is 0. The van der Waals surface area contributed by atoms with E-state index in [0.29, 0.717) is 6.61 Å². The third-order valence-corrected chi connectivity index (χ3v) is 2.65. The molecular formula is C12H24N2O3. The molecule has 5 nitrogen and oxygen atoms in total. The van der Waals surface area contributed by atoms with E-state index in [1.807, 2.05) is 27.7 Å². The van der Waals surface area contributed by atoms with Gasteiger partial charge in [0.25, 0.3) is 0 Å². The lowest BCUT2D eigenvalue weighted by Gasteiger charge is -2.41. The minimum Gasteiger partial charge on any atom is -0.444 e. The molecule has 1 heterocycles. The largest absolute Gasteiger partial charge is 0.444 e. The summed E-state index contributed by atoms with van der Waals surface area (Å²) < 4.78 is 10.6. The van der Waals surface area contributed by atoms with E-state index in [1.165, 1.54) is 0 Å². The molecule has 1 aliphatic heterocycles. The summed E-state index contributed by atoms with van der Waals surface area (Å²) in [6.07, 6.45) is -0.256. The third kappa shape index (κ3) is 4.16. The number of carbonyl (C=O) groups is 1. The summed E-state index contributed by atoms with van der Waals surface area (Å²) in [5, 5.41) is 3.29. The molecule has 0 radical (unpaired) electrons. The van der Waals surface area contributed by atoms with E-state index in [-0.39, 0.29) is 18.2 Å². The molecule has 1 amide bonds. The number of hydrogen-bond donors (Lipinski definition) is 1. The van der Waals surface area contributed by atoms with E-state index >= 15 is 0 Å². The van der Waals surface area contributed by atoms with E-state index in [4.69, 9.17) is 9.47 Å². The summed E-state index contributed by atoms with van der Waals surface area (Å²) in [4.78, 5) is 13.9. The monoisotopic (exact) mass is 244 g/mol. The average molecular weight is 244 g/mol. The number of amides is 1. The number of ether oxygens (including phenoxy) is 2. The second kappa shape index (κ2) is 5.69. The summed E-state index contributed by atoms with van der Waals surface area (Å²) >= 11 is 0. The van der Waals surface area contributed by atoms with E-state index in [1.54, 1.807) is 12.0 Å². The summed E-state index contributed by atoms with van der Waals surface area (Å²) in [6.45, 7) is 9.71. The van der Waals surface area contributed by atoms with Gasteiger partial charge in [0.2, 0.25) is 0 Å². The first-order chi connectivity index (χ1) is 7.85. The van der Waals surface area contributed by atoms with Gasteiger partial charge in [-0.25, -0.2) is 4.79 Å². The summed E-state index contributed by atoms with van der Waals surface area (Å²) in [5.41, 5.74) is -0.459. The van der Waals surface area contributed by atoms with Crippen LogP contribution in [0.1, 0.15) is 27.7 Å².